The Labute approximate surface area is 67.0 Å². The van der Waals surface area contributed by atoms with Crippen LogP contribution in [-0.2, 0) is 0 Å². The molecular weight excluding hydrogens is 180 g/mol. The van der Waals surface area contributed by atoms with E-state index in [0.717, 1.165) is 4.90 Å². The van der Waals surface area contributed by atoms with Crippen molar-refractivity contribution < 1.29 is 8.78 Å². The van der Waals surface area contributed by atoms with Crippen LogP contribution in [0.5, 0.6) is 0 Å². The maximum Gasteiger partial charge on any atom is 0.315 e. The van der Waals surface area contributed by atoms with Crippen LogP contribution in [0.2, 0.25) is 0 Å². The maximum absolute atomic E-state index is 12.0. The number of hydrogen-bond donors (Lipinski definition) is 0. The number of halogens is 3. The van der Waals surface area contributed by atoms with E-state index < -0.39 is 6.55 Å². The standard InChI is InChI=1S/C5H6ClF2NS/c1-3-9(5(7)8)2-4(6)10-3/h2-3,5H,1H3. The zero-order chi connectivity index (χ0) is 7.72. The summed E-state index contributed by atoms with van der Waals surface area (Å²) in [4.78, 5) is 0.924. The Kier molecular flexibility index (Phi) is 2.41. The van der Waals surface area contributed by atoms with Crippen LogP contribution in [-0.4, -0.2) is 16.8 Å². The third-order valence-electron chi connectivity index (χ3n) is 1.18. The monoisotopic (exact) mass is 185 g/mol. The summed E-state index contributed by atoms with van der Waals surface area (Å²) in [5, 5.41) is -0.243. The first-order valence-corrected chi connectivity index (χ1v) is 3.96. The molecule has 1 atom stereocenters. The molecule has 0 amide bonds. The molecule has 1 unspecified atom stereocenters. The van der Waals surface area contributed by atoms with E-state index in [-0.39, 0.29) is 5.37 Å². The van der Waals surface area contributed by atoms with Crippen molar-refractivity contribution in [3.63, 3.8) is 0 Å². The summed E-state index contributed by atoms with van der Waals surface area (Å²) in [6, 6.07) is 0. The SMILES string of the molecule is CC1SC(Cl)=CN1C(F)F. The molecule has 0 N–H and O–H groups in total. The van der Waals surface area contributed by atoms with Gasteiger partial charge in [0.05, 0.1) is 9.74 Å². The van der Waals surface area contributed by atoms with Crippen molar-refractivity contribution in [2.45, 2.75) is 18.8 Å². The van der Waals surface area contributed by atoms with E-state index in [9.17, 15) is 8.78 Å². The zero-order valence-electron chi connectivity index (χ0n) is 5.22. The van der Waals surface area contributed by atoms with Crippen LogP contribution in [0.4, 0.5) is 8.78 Å². The third kappa shape index (κ3) is 1.55. The Bertz CT molecular complexity index is 162. The Hall–Kier alpha value is 0.0400. The van der Waals surface area contributed by atoms with E-state index in [1.165, 1.54) is 18.0 Å². The van der Waals surface area contributed by atoms with E-state index in [1.807, 2.05) is 0 Å². The highest BCUT2D eigenvalue weighted by molar-refractivity contribution is 8.05. The first-order chi connectivity index (χ1) is 4.61. The highest BCUT2D eigenvalue weighted by Gasteiger charge is 2.26. The second kappa shape index (κ2) is 2.96. The molecule has 0 radical (unpaired) electrons. The topological polar surface area (TPSA) is 3.24 Å². The lowest BCUT2D eigenvalue weighted by molar-refractivity contribution is 0.00427. The molecule has 10 heavy (non-hydrogen) atoms. The van der Waals surface area contributed by atoms with Gasteiger partial charge in [-0.1, -0.05) is 23.4 Å². The predicted molar refractivity (Wildman–Crippen MR) is 38.8 cm³/mol. The van der Waals surface area contributed by atoms with Gasteiger partial charge in [0.2, 0.25) is 0 Å². The molecule has 0 bridgehead atoms. The van der Waals surface area contributed by atoms with E-state index in [2.05, 4.69) is 0 Å². The van der Waals surface area contributed by atoms with Crippen LogP contribution < -0.4 is 0 Å². The molecule has 0 saturated carbocycles. The lowest BCUT2D eigenvalue weighted by atomic mass is 10.6. The maximum atomic E-state index is 12.0. The minimum absolute atomic E-state index is 0.243. The third-order valence-corrected chi connectivity index (χ3v) is 2.46. The summed E-state index contributed by atoms with van der Waals surface area (Å²) >= 11 is 6.72. The molecule has 0 fully saturated rings. The van der Waals surface area contributed by atoms with Gasteiger partial charge in [0.25, 0.3) is 0 Å². The summed E-state index contributed by atoms with van der Waals surface area (Å²) in [6.07, 6.45) is 1.27. The summed E-state index contributed by atoms with van der Waals surface area (Å²) in [7, 11) is 0. The number of thioether (sulfide) groups is 1. The van der Waals surface area contributed by atoms with Crippen molar-refractivity contribution in [2.75, 3.05) is 0 Å². The highest BCUT2D eigenvalue weighted by atomic mass is 35.5. The Morgan fingerprint density at radius 2 is 2.40 bits per heavy atom. The molecule has 1 heterocycles. The van der Waals surface area contributed by atoms with Crippen LogP contribution in [0.3, 0.4) is 0 Å². The lowest BCUT2D eigenvalue weighted by Crippen LogP contribution is -2.26. The first kappa shape index (κ1) is 8.14. The van der Waals surface area contributed by atoms with Gasteiger partial charge in [-0.3, -0.25) is 0 Å². The number of alkyl halides is 2. The van der Waals surface area contributed by atoms with Crippen molar-refractivity contribution in [1.82, 2.24) is 4.90 Å². The van der Waals surface area contributed by atoms with Gasteiger partial charge in [-0.2, -0.15) is 8.78 Å². The predicted octanol–water partition coefficient (Wildman–Crippen LogP) is 2.64. The molecule has 0 aromatic rings. The average Bonchev–Trinajstić information content (AvgIpc) is 2.10. The molecule has 1 aliphatic heterocycles. The zero-order valence-corrected chi connectivity index (χ0v) is 6.79. The van der Waals surface area contributed by atoms with Crippen molar-refractivity contribution in [2.24, 2.45) is 0 Å². The van der Waals surface area contributed by atoms with Gasteiger partial charge in [0.15, 0.2) is 0 Å². The number of nitrogens with zero attached hydrogens (tertiary/aromatic N) is 1. The van der Waals surface area contributed by atoms with Crippen molar-refractivity contribution in [3.05, 3.63) is 10.6 Å². The second-order valence-electron chi connectivity index (χ2n) is 1.88. The van der Waals surface area contributed by atoms with E-state index in [4.69, 9.17) is 11.6 Å². The fourth-order valence-electron chi connectivity index (χ4n) is 0.691. The van der Waals surface area contributed by atoms with E-state index in [0.29, 0.717) is 4.36 Å². The van der Waals surface area contributed by atoms with Gasteiger partial charge < -0.3 is 4.90 Å². The van der Waals surface area contributed by atoms with Crippen molar-refractivity contribution >= 4 is 23.4 Å². The molecule has 5 heteroatoms. The molecule has 1 nitrogen and oxygen atoms in total. The average molecular weight is 186 g/mol. The fourth-order valence-corrected chi connectivity index (χ4v) is 1.97. The van der Waals surface area contributed by atoms with Crippen LogP contribution in [0.15, 0.2) is 10.6 Å². The highest BCUT2D eigenvalue weighted by Crippen LogP contribution is 2.36. The quantitative estimate of drug-likeness (QED) is 0.578. The Balaban J connectivity index is 2.60. The van der Waals surface area contributed by atoms with Crippen LogP contribution in [0.25, 0.3) is 0 Å². The molecule has 1 rings (SSSR count). The van der Waals surface area contributed by atoms with Gasteiger partial charge in [-0.05, 0) is 6.92 Å². The molecule has 0 aliphatic carbocycles. The minimum atomic E-state index is -2.45. The Morgan fingerprint density at radius 3 is 2.60 bits per heavy atom. The van der Waals surface area contributed by atoms with Crippen LogP contribution in [0.1, 0.15) is 6.92 Å². The molecule has 1 aliphatic rings. The van der Waals surface area contributed by atoms with Gasteiger partial charge in [0.1, 0.15) is 0 Å². The minimum Gasteiger partial charge on any atom is -0.308 e. The first-order valence-electron chi connectivity index (χ1n) is 2.71. The molecule has 0 spiro atoms. The molecule has 0 saturated heterocycles. The Morgan fingerprint density at radius 1 is 1.80 bits per heavy atom. The van der Waals surface area contributed by atoms with Crippen LogP contribution in [0, 0.1) is 0 Å². The molecule has 0 aromatic heterocycles. The smallest absolute Gasteiger partial charge is 0.308 e. The van der Waals surface area contributed by atoms with E-state index >= 15 is 0 Å². The van der Waals surface area contributed by atoms with Gasteiger partial charge in [0, 0.05) is 6.20 Å². The van der Waals surface area contributed by atoms with Gasteiger partial charge in [-0.25, -0.2) is 0 Å². The lowest BCUT2D eigenvalue weighted by Gasteiger charge is -2.18. The molecule has 58 valence electrons. The number of hydrogen-bond acceptors (Lipinski definition) is 2. The molecular formula is C5H6ClF2NS. The van der Waals surface area contributed by atoms with Crippen LogP contribution >= 0.6 is 23.4 Å². The summed E-state index contributed by atoms with van der Waals surface area (Å²) in [5.74, 6) is 0. The normalized spacial score (nSPS) is 25.9. The van der Waals surface area contributed by atoms with Gasteiger partial charge >= 0.3 is 6.55 Å². The van der Waals surface area contributed by atoms with Crippen molar-refractivity contribution in [1.29, 1.82) is 0 Å². The largest absolute Gasteiger partial charge is 0.315 e. The van der Waals surface area contributed by atoms with Gasteiger partial charge in [-0.15, -0.1) is 0 Å². The summed E-state index contributed by atoms with van der Waals surface area (Å²) in [5.41, 5.74) is 0. The fraction of sp³-hybridized carbons (Fsp3) is 0.600. The number of rotatable bonds is 1. The summed E-state index contributed by atoms with van der Waals surface area (Å²) in [6.45, 7) is -0.762. The van der Waals surface area contributed by atoms with Crippen molar-refractivity contribution in [3.8, 4) is 0 Å². The summed E-state index contributed by atoms with van der Waals surface area (Å²) < 4.78 is 24.4. The van der Waals surface area contributed by atoms with E-state index in [1.54, 1.807) is 6.92 Å². The molecule has 0 aromatic carbocycles. The second-order valence-corrected chi connectivity index (χ2v) is 3.86.